The van der Waals surface area contributed by atoms with Gasteiger partial charge >= 0.3 is 0 Å². The molecule has 4 heteroatoms. The monoisotopic (exact) mass is 322 g/mol. The van der Waals surface area contributed by atoms with Gasteiger partial charge in [0.25, 0.3) is 0 Å². The average Bonchev–Trinajstić information content (AvgIpc) is 2.75. The minimum absolute atomic E-state index is 0.321. The molecule has 2 atom stereocenters. The zero-order valence-corrected chi connectivity index (χ0v) is 14.2. The lowest BCUT2D eigenvalue weighted by Crippen LogP contribution is -2.61. The van der Waals surface area contributed by atoms with Gasteiger partial charge in [0.15, 0.2) is 0 Å². The maximum absolute atomic E-state index is 11.3. The number of aliphatic hydroxyl groups is 1. The van der Waals surface area contributed by atoms with Gasteiger partial charge in [-0.1, -0.05) is 53.7 Å². The van der Waals surface area contributed by atoms with E-state index >= 15 is 0 Å². The van der Waals surface area contributed by atoms with Crippen LogP contribution in [-0.2, 0) is 15.9 Å². The summed E-state index contributed by atoms with van der Waals surface area (Å²) in [5.41, 5.74) is 0.939. The Labute approximate surface area is 142 Å². The van der Waals surface area contributed by atoms with E-state index in [0.717, 1.165) is 11.3 Å². The van der Waals surface area contributed by atoms with Crippen molar-refractivity contribution in [3.05, 3.63) is 65.7 Å². The molecule has 2 aliphatic heterocycles. The molecule has 2 heterocycles. The first-order chi connectivity index (χ1) is 11.4. The van der Waals surface area contributed by atoms with E-state index in [0.29, 0.717) is 6.42 Å². The Hall–Kier alpha value is -2.33. The topological polar surface area (TPSA) is 45.1 Å². The van der Waals surface area contributed by atoms with Crippen molar-refractivity contribution >= 4 is 11.9 Å². The van der Waals surface area contributed by atoms with Crippen LogP contribution in [0.2, 0.25) is 0 Å². The Balaban J connectivity index is 1.84. The number of likely N-dealkylation sites (N-methyl/N-ethyl adjacent to an activating group) is 1. The number of benzene rings is 2. The molecule has 4 nitrogen and oxygen atoms in total. The van der Waals surface area contributed by atoms with Crippen LogP contribution in [0.15, 0.2) is 59.8 Å². The zero-order chi connectivity index (χ0) is 17.0. The molecule has 4 rings (SSSR count). The highest BCUT2D eigenvalue weighted by molar-refractivity contribution is 5.74. The predicted molar refractivity (Wildman–Crippen MR) is 95.1 cm³/mol. The summed E-state index contributed by atoms with van der Waals surface area (Å²) in [6.07, 6.45) is 1.92. The summed E-state index contributed by atoms with van der Waals surface area (Å²) in [6, 6.07) is 18.0. The van der Waals surface area contributed by atoms with Crippen LogP contribution < -0.4 is 4.90 Å². The van der Waals surface area contributed by atoms with Gasteiger partial charge in [-0.2, -0.15) is 0 Å². The molecule has 0 aliphatic carbocycles. The van der Waals surface area contributed by atoms with Crippen molar-refractivity contribution < 1.29 is 9.94 Å². The maximum atomic E-state index is 11.3. The molecule has 24 heavy (non-hydrogen) atoms. The van der Waals surface area contributed by atoms with Gasteiger partial charge < -0.3 is 14.8 Å². The Bertz CT molecular complexity index is 802. The molecule has 2 aromatic carbocycles. The summed E-state index contributed by atoms with van der Waals surface area (Å²) >= 11 is 0. The Morgan fingerprint density at radius 3 is 2.42 bits per heavy atom. The third-order valence-corrected chi connectivity index (χ3v) is 5.71. The first-order valence-electron chi connectivity index (χ1n) is 8.25. The van der Waals surface area contributed by atoms with Gasteiger partial charge in [-0.15, -0.1) is 0 Å². The quantitative estimate of drug-likeness (QED) is 0.875. The van der Waals surface area contributed by atoms with Gasteiger partial charge in [0.1, 0.15) is 5.60 Å². The normalized spacial score (nSPS) is 30.2. The third kappa shape index (κ3) is 1.80. The highest BCUT2D eigenvalue weighted by Gasteiger charge is 2.62. The Kier molecular flexibility index (Phi) is 3.06. The first kappa shape index (κ1) is 15.2. The molecule has 0 aromatic heterocycles. The summed E-state index contributed by atoms with van der Waals surface area (Å²) in [5.74, 6) is 0. The molecule has 1 N–H and O–H groups in total. The summed E-state index contributed by atoms with van der Waals surface area (Å²) < 4.78 is 0. The van der Waals surface area contributed by atoms with E-state index in [9.17, 15) is 5.11 Å². The number of nitrogens with zero attached hydrogens (tertiary/aromatic N) is 2. The van der Waals surface area contributed by atoms with Crippen LogP contribution in [0.5, 0.6) is 0 Å². The SMILES string of the molecule is CN1c2ccccc2C(C)(C)C12CC(O)(c1ccccc1)C=NO2. The lowest BCUT2D eigenvalue weighted by Gasteiger charge is -2.48. The minimum atomic E-state index is -1.16. The largest absolute Gasteiger partial charge is 0.379 e. The molecule has 0 amide bonds. The fourth-order valence-corrected chi connectivity index (χ4v) is 4.18. The van der Waals surface area contributed by atoms with Crippen LogP contribution in [0.4, 0.5) is 5.69 Å². The van der Waals surface area contributed by atoms with Crippen molar-refractivity contribution in [3.63, 3.8) is 0 Å². The molecule has 0 radical (unpaired) electrons. The van der Waals surface area contributed by atoms with Crippen molar-refractivity contribution in [1.29, 1.82) is 0 Å². The highest BCUT2D eigenvalue weighted by Crippen LogP contribution is 2.56. The van der Waals surface area contributed by atoms with E-state index < -0.39 is 11.3 Å². The summed E-state index contributed by atoms with van der Waals surface area (Å²) in [4.78, 5) is 8.11. The summed E-state index contributed by atoms with van der Waals surface area (Å²) in [6.45, 7) is 4.31. The van der Waals surface area contributed by atoms with Crippen molar-refractivity contribution in [3.8, 4) is 0 Å². The van der Waals surface area contributed by atoms with Gasteiger partial charge in [0.2, 0.25) is 5.72 Å². The number of anilines is 1. The average molecular weight is 322 g/mol. The molecule has 0 bridgehead atoms. The van der Waals surface area contributed by atoms with Gasteiger partial charge in [-0.25, -0.2) is 0 Å². The molecule has 124 valence electrons. The molecule has 2 aliphatic rings. The van der Waals surface area contributed by atoms with E-state index in [-0.39, 0.29) is 5.41 Å². The number of hydrogen-bond donors (Lipinski definition) is 1. The fraction of sp³-hybridized carbons (Fsp3) is 0.350. The second-order valence-electron chi connectivity index (χ2n) is 7.28. The molecule has 0 fully saturated rings. The fourth-order valence-electron chi connectivity index (χ4n) is 4.18. The number of para-hydroxylation sites is 1. The molecule has 0 saturated carbocycles. The van der Waals surface area contributed by atoms with E-state index in [1.54, 1.807) is 0 Å². The first-order valence-corrected chi connectivity index (χ1v) is 8.25. The Morgan fingerprint density at radius 1 is 1.04 bits per heavy atom. The highest BCUT2D eigenvalue weighted by atomic mass is 16.7. The van der Waals surface area contributed by atoms with Crippen LogP contribution in [0, 0.1) is 0 Å². The smallest absolute Gasteiger partial charge is 0.222 e. The number of fused-ring (bicyclic) bond motifs is 1. The molecule has 2 unspecified atom stereocenters. The Morgan fingerprint density at radius 2 is 1.71 bits per heavy atom. The van der Waals surface area contributed by atoms with Crippen LogP contribution in [0.3, 0.4) is 0 Å². The summed E-state index contributed by atoms with van der Waals surface area (Å²) in [7, 11) is 2.01. The lowest BCUT2D eigenvalue weighted by molar-refractivity contribution is -0.134. The van der Waals surface area contributed by atoms with Crippen molar-refractivity contribution in [2.75, 3.05) is 11.9 Å². The van der Waals surface area contributed by atoms with E-state index in [2.05, 4.69) is 36.0 Å². The van der Waals surface area contributed by atoms with Crippen LogP contribution in [0.1, 0.15) is 31.4 Å². The van der Waals surface area contributed by atoms with E-state index in [1.165, 1.54) is 11.8 Å². The summed E-state index contributed by atoms with van der Waals surface area (Å²) in [5, 5.41) is 15.5. The number of hydrogen-bond acceptors (Lipinski definition) is 4. The van der Waals surface area contributed by atoms with Gasteiger partial charge in [-0.05, 0) is 31.0 Å². The van der Waals surface area contributed by atoms with E-state index in [4.69, 9.17) is 4.84 Å². The van der Waals surface area contributed by atoms with E-state index in [1.807, 2.05) is 49.5 Å². The van der Waals surface area contributed by atoms with Crippen LogP contribution in [-0.4, -0.2) is 24.1 Å². The van der Waals surface area contributed by atoms with Crippen molar-refractivity contribution in [2.24, 2.45) is 5.16 Å². The van der Waals surface area contributed by atoms with Gasteiger partial charge in [0, 0.05) is 19.2 Å². The van der Waals surface area contributed by atoms with Crippen molar-refractivity contribution in [1.82, 2.24) is 0 Å². The second-order valence-corrected chi connectivity index (χ2v) is 7.28. The third-order valence-electron chi connectivity index (χ3n) is 5.71. The van der Waals surface area contributed by atoms with Gasteiger partial charge in [-0.3, -0.25) is 0 Å². The minimum Gasteiger partial charge on any atom is -0.379 e. The number of oxime groups is 1. The van der Waals surface area contributed by atoms with Crippen LogP contribution in [0.25, 0.3) is 0 Å². The molecule has 0 saturated heterocycles. The predicted octanol–water partition coefficient (Wildman–Crippen LogP) is 3.40. The molecular weight excluding hydrogens is 300 g/mol. The molecular formula is C20H22N2O2. The molecule has 1 spiro atoms. The lowest BCUT2D eigenvalue weighted by atomic mass is 9.71. The zero-order valence-electron chi connectivity index (χ0n) is 14.2. The van der Waals surface area contributed by atoms with Crippen LogP contribution >= 0.6 is 0 Å². The van der Waals surface area contributed by atoms with Crippen molar-refractivity contribution in [2.45, 2.75) is 37.0 Å². The standard InChI is InChI=1S/C20H22N2O2/c1-18(2)16-11-7-8-12-17(16)22(3)20(18)13-19(23,14-21-24-20)15-9-5-4-6-10-15/h4-12,14,23H,13H2,1-3H3. The second kappa shape index (κ2) is 4.84. The van der Waals surface area contributed by atoms with Gasteiger partial charge in [0.05, 0.1) is 11.6 Å². The number of rotatable bonds is 1. The maximum Gasteiger partial charge on any atom is 0.222 e. The molecule has 2 aromatic rings.